The Morgan fingerprint density at radius 1 is 1.15 bits per heavy atom. The Kier molecular flexibility index (Phi) is 5.89. The number of carbonyl (C=O) groups excluding carboxylic acids is 2. The summed E-state index contributed by atoms with van der Waals surface area (Å²) in [5.41, 5.74) is 1.10. The molecule has 0 atom stereocenters. The molecule has 34 heavy (non-hydrogen) atoms. The number of hydrogen-bond donors (Lipinski definition) is 1. The molecular formula is C25H28F2N4O3. The standard InChI is InChI=1S/C25H28F2N4O3/c1-34-18-15-30(16-18)22-12-17(6-7-20(22)26)14-28-24(33)29-10-8-25(9-11-29)13-23(32)19-4-2-3-5-21(19)31(25)27/h2-7,12,18H,8-11,13-16H2,1H3,(H,28,33). The van der Waals surface area contributed by atoms with Gasteiger partial charge in [0.2, 0.25) is 0 Å². The summed E-state index contributed by atoms with van der Waals surface area (Å²) in [5, 5.41) is 3.62. The second-order valence-corrected chi connectivity index (χ2v) is 9.32. The minimum atomic E-state index is -0.911. The Hall–Kier alpha value is -3.20. The van der Waals surface area contributed by atoms with Gasteiger partial charge in [0.1, 0.15) is 5.82 Å². The van der Waals surface area contributed by atoms with Crippen LogP contribution in [0.15, 0.2) is 42.5 Å². The number of piperidine rings is 1. The first-order valence-corrected chi connectivity index (χ1v) is 11.6. The number of nitrogens with one attached hydrogen (secondary N) is 1. The van der Waals surface area contributed by atoms with E-state index in [2.05, 4.69) is 5.32 Å². The Bertz CT molecular complexity index is 1100. The van der Waals surface area contributed by atoms with Crippen molar-refractivity contribution in [2.75, 3.05) is 43.3 Å². The molecule has 0 aliphatic carbocycles. The second-order valence-electron chi connectivity index (χ2n) is 9.32. The number of benzene rings is 2. The number of urea groups is 1. The van der Waals surface area contributed by atoms with Gasteiger partial charge < -0.3 is 19.9 Å². The zero-order chi connectivity index (χ0) is 23.9. The van der Waals surface area contributed by atoms with Crippen molar-refractivity contribution >= 4 is 23.2 Å². The van der Waals surface area contributed by atoms with Crippen LogP contribution in [0.1, 0.15) is 35.2 Å². The highest BCUT2D eigenvalue weighted by molar-refractivity contribution is 6.04. The van der Waals surface area contributed by atoms with Gasteiger partial charge in [0.25, 0.3) is 0 Å². The normalized spacial score (nSPS) is 19.7. The number of rotatable bonds is 4. The quantitative estimate of drug-likeness (QED) is 0.691. The van der Waals surface area contributed by atoms with Crippen molar-refractivity contribution < 1.29 is 23.2 Å². The van der Waals surface area contributed by atoms with Crippen molar-refractivity contribution in [1.29, 1.82) is 0 Å². The van der Waals surface area contributed by atoms with Crippen LogP contribution in [0.4, 0.5) is 25.0 Å². The third-order valence-electron chi connectivity index (χ3n) is 7.28. The van der Waals surface area contributed by atoms with Gasteiger partial charge in [0, 0.05) is 51.8 Å². The highest BCUT2D eigenvalue weighted by Gasteiger charge is 2.47. The molecule has 0 saturated carbocycles. The molecule has 2 amide bonds. The molecule has 3 heterocycles. The van der Waals surface area contributed by atoms with E-state index in [0.717, 1.165) is 10.7 Å². The fourth-order valence-electron chi connectivity index (χ4n) is 5.08. The summed E-state index contributed by atoms with van der Waals surface area (Å²) in [6.07, 6.45) is 0.952. The molecule has 3 aliphatic rings. The van der Waals surface area contributed by atoms with Crippen molar-refractivity contribution in [3.8, 4) is 0 Å². The molecule has 0 radical (unpaired) electrons. The van der Waals surface area contributed by atoms with Gasteiger partial charge in [-0.3, -0.25) is 4.79 Å². The lowest BCUT2D eigenvalue weighted by molar-refractivity contribution is 0.0783. The van der Waals surface area contributed by atoms with Crippen LogP contribution in [-0.2, 0) is 11.3 Å². The third-order valence-corrected chi connectivity index (χ3v) is 7.28. The molecule has 0 unspecified atom stereocenters. The Morgan fingerprint density at radius 3 is 2.62 bits per heavy atom. The Morgan fingerprint density at radius 2 is 1.88 bits per heavy atom. The summed E-state index contributed by atoms with van der Waals surface area (Å²) in [7, 11) is 1.64. The monoisotopic (exact) mass is 470 g/mol. The van der Waals surface area contributed by atoms with Crippen LogP contribution < -0.4 is 15.3 Å². The van der Waals surface area contributed by atoms with Gasteiger partial charge in [-0.2, -0.15) is 0 Å². The van der Waals surface area contributed by atoms with E-state index in [-0.39, 0.29) is 36.7 Å². The molecule has 2 aromatic carbocycles. The molecule has 2 aromatic rings. The van der Waals surface area contributed by atoms with Crippen molar-refractivity contribution in [1.82, 2.24) is 10.2 Å². The molecule has 0 aromatic heterocycles. The average Bonchev–Trinajstić information content (AvgIpc) is 2.82. The molecule has 180 valence electrons. The lowest BCUT2D eigenvalue weighted by Gasteiger charge is -2.47. The average molecular weight is 471 g/mol. The summed E-state index contributed by atoms with van der Waals surface area (Å²) in [6.45, 7) is 2.23. The summed E-state index contributed by atoms with van der Waals surface area (Å²) in [4.78, 5) is 28.9. The van der Waals surface area contributed by atoms with Crippen LogP contribution >= 0.6 is 0 Å². The molecule has 1 N–H and O–H groups in total. The van der Waals surface area contributed by atoms with Gasteiger partial charge >= 0.3 is 6.03 Å². The van der Waals surface area contributed by atoms with Crippen LogP contribution in [-0.4, -0.2) is 61.6 Å². The van der Waals surface area contributed by atoms with Gasteiger partial charge in [-0.15, -0.1) is 0 Å². The third kappa shape index (κ3) is 3.98. The van der Waals surface area contributed by atoms with Crippen molar-refractivity contribution in [3.63, 3.8) is 0 Å². The Labute approximate surface area is 197 Å². The number of fused-ring (bicyclic) bond motifs is 1. The fraction of sp³-hybridized carbons (Fsp3) is 0.440. The maximum absolute atomic E-state index is 15.3. The predicted octanol–water partition coefficient (Wildman–Crippen LogP) is 3.68. The number of hydrogen-bond acceptors (Lipinski definition) is 5. The number of amides is 2. The van der Waals surface area contributed by atoms with E-state index in [9.17, 15) is 14.0 Å². The molecule has 5 rings (SSSR count). The molecule has 9 heteroatoms. The topological polar surface area (TPSA) is 65.1 Å². The Balaban J connectivity index is 1.18. The van der Waals surface area contributed by atoms with Crippen molar-refractivity contribution in [3.05, 3.63) is 59.4 Å². The molecule has 2 fully saturated rings. The van der Waals surface area contributed by atoms with Gasteiger partial charge in [0.15, 0.2) is 5.78 Å². The van der Waals surface area contributed by atoms with Crippen LogP contribution in [0.25, 0.3) is 0 Å². The molecule has 1 spiro atoms. The highest BCUT2D eigenvalue weighted by atomic mass is 19.2. The predicted molar refractivity (Wildman–Crippen MR) is 124 cm³/mol. The first-order valence-electron chi connectivity index (χ1n) is 11.6. The van der Waals surface area contributed by atoms with E-state index in [4.69, 9.17) is 4.74 Å². The molecule has 0 bridgehead atoms. The van der Waals surface area contributed by atoms with E-state index >= 15 is 4.48 Å². The number of methoxy groups -OCH3 is 1. The molecule has 3 aliphatic heterocycles. The van der Waals surface area contributed by atoms with Crippen molar-refractivity contribution in [2.24, 2.45) is 0 Å². The number of Topliss-reactive ketones (excluding diaryl/α,β-unsaturated/α-hetero) is 1. The van der Waals surface area contributed by atoms with Gasteiger partial charge in [-0.25, -0.2) is 14.3 Å². The van der Waals surface area contributed by atoms with Gasteiger partial charge in [-0.05, 0) is 42.7 Å². The van der Waals surface area contributed by atoms with Gasteiger partial charge in [-0.1, -0.05) is 22.7 Å². The molecule has 2 saturated heterocycles. The first-order chi connectivity index (χ1) is 16.4. The maximum atomic E-state index is 15.3. The smallest absolute Gasteiger partial charge is 0.317 e. The number of para-hydroxylation sites is 1. The van der Waals surface area contributed by atoms with Crippen LogP contribution in [0.3, 0.4) is 0 Å². The SMILES string of the molecule is COC1CN(c2cc(CNC(=O)N3CCC4(CC3)CC(=O)c3ccccc3N4F)ccc2F)C1. The van der Waals surface area contributed by atoms with Crippen molar-refractivity contribution in [2.45, 2.75) is 37.5 Å². The lowest BCUT2D eigenvalue weighted by Crippen LogP contribution is -2.57. The summed E-state index contributed by atoms with van der Waals surface area (Å²) in [5.74, 6) is -0.362. The number of likely N-dealkylation sites (tertiary alicyclic amines) is 1. The molecule has 7 nitrogen and oxygen atoms in total. The van der Waals surface area contributed by atoms with E-state index in [0.29, 0.717) is 56.0 Å². The number of ketones is 1. The van der Waals surface area contributed by atoms with E-state index in [1.165, 1.54) is 6.07 Å². The van der Waals surface area contributed by atoms with Crippen LogP contribution in [0.5, 0.6) is 0 Å². The lowest BCUT2D eigenvalue weighted by atomic mass is 9.78. The largest absolute Gasteiger partial charge is 0.378 e. The summed E-state index contributed by atoms with van der Waals surface area (Å²) >= 11 is 0. The summed E-state index contributed by atoms with van der Waals surface area (Å²) < 4.78 is 34.8. The van der Waals surface area contributed by atoms with E-state index < -0.39 is 5.54 Å². The second kappa shape index (κ2) is 8.87. The van der Waals surface area contributed by atoms with Crippen LogP contribution in [0.2, 0.25) is 0 Å². The van der Waals surface area contributed by atoms with E-state index in [1.807, 2.05) is 4.90 Å². The van der Waals surface area contributed by atoms with Gasteiger partial charge in [0.05, 0.1) is 23.0 Å². The number of ether oxygens (including phenoxy) is 1. The minimum Gasteiger partial charge on any atom is -0.378 e. The zero-order valence-corrected chi connectivity index (χ0v) is 19.1. The number of nitrogens with zero attached hydrogens (tertiary/aromatic N) is 3. The van der Waals surface area contributed by atoms with E-state index in [1.54, 1.807) is 48.4 Å². The fourth-order valence-corrected chi connectivity index (χ4v) is 5.08. The summed E-state index contributed by atoms with van der Waals surface area (Å²) in [6, 6.07) is 11.3. The maximum Gasteiger partial charge on any atom is 0.317 e. The van der Waals surface area contributed by atoms with Crippen LogP contribution in [0, 0.1) is 5.82 Å². The minimum absolute atomic E-state index is 0.0615. The number of carbonyl (C=O) groups is 2. The number of halogens is 2. The highest BCUT2D eigenvalue weighted by Crippen LogP contribution is 2.43. The molecular weight excluding hydrogens is 442 g/mol. The number of anilines is 2. The zero-order valence-electron chi connectivity index (χ0n) is 19.1. The first kappa shape index (κ1) is 22.6.